The van der Waals surface area contributed by atoms with E-state index < -0.39 is 0 Å². The molecular formula is C9H12BrClN2S. The van der Waals surface area contributed by atoms with Crippen LogP contribution in [0.4, 0.5) is 0 Å². The van der Waals surface area contributed by atoms with Crippen LogP contribution in [0, 0.1) is 10.6 Å². The van der Waals surface area contributed by atoms with E-state index in [4.69, 9.17) is 23.8 Å². The van der Waals surface area contributed by atoms with E-state index in [-0.39, 0.29) is 0 Å². The van der Waals surface area contributed by atoms with E-state index in [9.17, 15) is 0 Å². The molecule has 0 atom stereocenters. The van der Waals surface area contributed by atoms with E-state index in [2.05, 4.69) is 39.7 Å². The molecule has 1 N–H and O–H groups in total. The number of aromatic amines is 1. The van der Waals surface area contributed by atoms with Crippen molar-refractivity contribution in [1.82, 2.24) is 9.97 Å². The first-order valence-electron chi connectivity index (χ1n) is 4.38. The van der Waals surface area contributed by atoms with Crippen LogP contribution < -0.4 is 0 Å². The van der Waals surface area contributed by atoms with Gasteiger partial charge in [-0.1, -0.05) is 26.1 Å². The van der Waals surface area contributed by atoms with Gasteiger partial charge in [0.1, 0.15) is 10.5 Å². The Kier molecular flexibility index (Phi) is 4.54. The summed E-state index contributed by atoms with van der Waals surface area (Å²) in [4.78, 5) is 7.32. The first-order valence-corrected chi connectivity index (χ1v) is 6.11. The van der Waals surface area contributed by atoms with Crippen molar-refractivity contribution in [3.63, 3.8) is 0 Å². The zero-order valence-corrected chi connectivity index (χ0v) is 11.3. The molecule has 0 aromatic carbocycles. The van der Waals surface area contributed by atoms with E-state index >= 15 is 0 Å². The lowest BCUT2D eigenvalue weighted by Gasteiger charge is -2.09. The predicted molar refractivity (Wildman–Crippen MR) is 65.2 cm³/mol. The topological polar surface area (TPSA) is 28.7 Å². The number of rotatable bonds is 3. The molecule has 0 bridgehead atoms. The van der Waals surface area contributed by atoms with Crippen molar-refractivity contribution < 1.29 is 0 Å². The fourth-order valence-corrected chi connectivity index (χ4v) is 1.88. The number of alkyl halides is 1. The summed E-state index contributed by atoms with van der Waals surface area (Å²) in [6.07, 6.45) is 0.941. The fourth-order valence-electron chi connectivity index (χ4n) is 1.17. The summed E-state index contributed by atoms with van der Waals surface area (Å²) >= 11 is 14.2. The van der Waals surface area contributed by atoms with Crippen LogP contribution in [0.5, 0.6) is 0 Å². The van der Waals surface area contributed by atoms with Crippen molar-refractivity contribution in [3.8, 4) is 0 Å². The molecule has 2 nitrogen and oxygen atoms in total. The first kappa shape index (κ1) is 12.1. The Morgan fingerprint density at radius 2 is 2.21 bits per heavy atom. The van der Waals surface area contributed by atoms with Gasteiger partial charge in [-0.3, -0.25) is 0 Å². The molecule has 0 saturated carbocycles. The molecule has 0 spiro atoms. The highest BCUT2D eigenvalue weighted by atomic mass is 79.9. The van der Waals surface area contributed by atoms with E-state index in [0.717, 1.165) is 22.4 Å². The molecule has 5 heteroatoms. The van der Waals surface area contributed by atoms with Gasteiger partial charge in [0.2, 0.25) is 0 Å². The molecule has 0 saturated heterocycles. The summed E-state index contributed by atoms with van der Waals surface area (Å²) < 4.78 is 1.46. The lowest BCUT2D eigenvalue weighted by atomic mass is 10.1. The second-order valence-corrected chi connectivity index (χ2v) is 4.96. The second-order valence-electron chi connectivity index (χ2n) is 3.51. The molecule has 1 aromatic heterocycles. The van der Waals surface area contributed by atoms with Gasteiger partial charge in [-0.05, 0) is 28.3 Å². The normalized spacial score (nSPS) is 10.9. The molecule has 0 unspecified atom stereocenters. The quantitative estimate of drug-likeness (QED) is 0.678. The Morgan fingerprint density at radius 3 is 2.71 bits per heavy atom. The van der Waals surface area contributed by atoms with Gasteiger partial charge in [-0.15, -0.1) is 11.6 Å². The summed E-state index contributed by atoms with van der Waals surface area (Å²) in [5.74, 6) is 1.67. The monoisotopic (exact) mass is 294 g/mol. The Labute approximate surface area is 102 Å². The summed E-state index contributed by atoms with van der Waals surface area (Å²) in [7, 11) is 0. The minimum absolute atomic E-state index is 0.363. The molecule has 0 aliphatic carbocycles. The highest BCUT2D eigenvalue weighted by Gasteiger charge is 2.07. The lowest BCUT2D eigenvalue weighted by Crippen LogP contribution is -2.03. The molecule has 0 aliphatic heterocycles. The zero-order valence-electron chi connectivity index (χ0n) is 8.10. The van der Waals surface area contributed by atoms with Crippen LogP contribution in [0.3, 0.4) is 0 Å². The number of nitrogens with zero attached hydrogens (tertiary/aromatic N) is 1. The average Bonchev–Trinajstić information content (AvgIpc) is 2.11. The molecule has 1 aromatic rings. The van der Waals surface area contributed by atoms with Crippen LogP contribution in [0.25, 0.3) is 0 Å². The molecule has 1 rings (SSSR count). The Hall–Kier alpha value is 0.0700. The molecular weight excluding hydrogens is 284 g/mol. The highest BCUT2D eigenvalue weighted by Crippen LogP contribution is 2.19. The van der Waals surface area contributed by atoms with Gasteiger partial charge in [-0.25, -0.2) is 4.98 Å². The van der Waals surface area contributed by atoms with Crippen molar-refractivity contribution in [2.75, 3.05) is 0 Å². The highest BCUT2D eigenvalue weighted by molar-refractivity contribution is 9.10. The van der Waals surface area contributed by atoms with Gasteiger partial charge in [0.05, 0.1) is 10.4 Å². The minimum Gasteiger partial charge on any atom is -0.345 e. The smallest absolute Gasteiger partial charge is 0.144 e. The van der Waals surface area contributed by atoms with Crippen molar-refractivity contribution in [2.45, 2.75) is 26.1 Å². The summed E-state index contributed by atoms with van der Waals surface area (Å²) in [6.45, 7) is 4.31. The number of hydrogen-bond acceptors (Lipinski definition) is 2. The molecule has 0 amide bonds. The third-order valence-electron chi connectivity index (χ3n) is 1.72. The van der Waals surface area contributed by atoms with Gasteiger partial charge in [0, 0.05) is 5.69 Å². The van der Waals surface area contributed by atoms with Gasteiger partial charge >= 0.3 is 0 Å². The summed E-state index contributed by atoms with van der Waals surface area (Å²) in [6, 6.07) is 0. The molecule has 14 heavy (non-hydrogen) atoms. The minimum atomic E-state index is 0.363. The van der Waals surface area contributed by atoms with Crippen LogP contribution >= 0.6 is 39.7 Å². The maximum absolute atomic E-state index is 5.70. The van der Waals surface area contributed by atoms with Crippen molar-refractivity contribution in [2.24, 2.45) is 5.92 Å². The van der Waals surface area contributed by atoms with Gasteiger partial charge in [0.25, 0.3) is 0 Å². The van der Waals surface area contributed by atoms with Crippen LogP contribution in [0.1, 0.15) is 25.4 Å². The van der Waals surface area contributed by atoms with E-state index in [1.54, 1.807) is 0 Å². The Balaban J connectivity index is 3.14. The van der Waals surface area contributed by atoms with Crippen molar-refractivity contribution in [1.29, 1.82) is 0 Å². The number of nitrogens with one attached hydrogen (secondary N) is 1. The van der Waals surface area contributed by atoms with Crippen LogP contribution in [0.15, 0.2) is 4.47 Å². The van der Waals surface area contributed by atoms with Crippen molar-refractivity contribution >= 4 is 39.7 Å². The Bertz CT molecular complexity index is 376. The largest absolute Gasteiger partial charge is 0.345 e. The predicted octanol–water partition coefficient (Wildman–Crippen LogP) is 3.84. The molecule has 1 heterocycles. The van der Waals surface area contributed by atoms with E-state index in [1.165, 1.54) is 0 Å². The van der Waals surface area contributed by atoms with E-state index in [1.807, 2.05) is 0 Å². The van der Waals surface area contributed by atoms with Crippen LogP contribution in [-0.4, -0.2) is 9.97 Å². The number of hydrogen-bond donors (Lipinski definition) is 1. The molecule has 0 radical (unpaired) electrons. The number of halogens is 2. The molecule has 0 aliphatic rings. The lowest BCUT2D eigenvalue weighted by molar-refractivity contribution is 0.628. The standard InChI is InChI=1S/C9H12BrClN2S/c1-5(2)3-6-8(10)9(14)13-7(4-11)12-6/h5H,3-4H2,1-2H3,(H,12,13,14). The molecule has 0 fully saturated rings. The second kappa shape index (κ2) is 5.24. The SMILES string of the molecule is CC(C)Cc1[nH]c(CCl)nc(=S)c1Br. The first-order chi connectivity index (χ1) is 6.54. The Morgan fingerprint density at radius 1 is 1.57 bits per heavy atom. The third kappa shape index (κ3) is 3.04. The van der Waals surface area contributed by atoms with Crippen LogP contribution in [-0.2, 0) is 12.3 Å². The fraction of sp³-hybridized carbons (Fsp3) is 0.556. The van der Waals surface area contributed by atoms with Crippen molar-refractivity contribution in [3.05, 3.63) is 20.6 Å². The van der Waals surface area contributed by atoms with Gasteiger partial charge in [0.15, 0.2) is 0 Å². The summed E-state index contributed by atoms with van der Waals surface area (Å²) in [5.41, 5.74) is 1.08. The average molecular weight is 296 g/mol. The molecule has 78 valence electrons. The van der Waals surface area contributed by atoms with E-state index in [0.29, 0.717) is 16.4 Å². The maximum atomic E-state index is 5.70. The van der Waals surface area contributed by atoms with Gasteiger partial charge in [-0.2, -0.15) is 0 Å². The zero-order chi connectivity index (χ0) is 10.7. The number of H-pyrrole nitrogens is 1. The third-order valence-corrected chi connectivity index (χ3v) is 3.39. The van der Waals surface area contributed by atoms with Gasteiger partial charge < -0.3 is 4.98 Å². The maximum Gasteiger partial charge on any atom is 0.144 e. The summed E-state index contributed by atoms with van der Waals surface area (Å²) in [5, 5.41) is 0. The van der Waals surface area contributed by atoms with Crippen LogP contribution in [0.2, 0.25) is 0 Å². The number of aromatic nitrogens is 2.